The normalized spacial score (nSPS) is 11.0. The zero-order valence-corrected chi connectivity index (χ0v) is 11.4. The second kappa shape index (κ2) is 5.90. The minimum absolute atomic E-state index is 0.465. The molecule has 0 saturated heterocycles. The number of phenols is 1. The second-order valence-electron chi connectivity index (χ2n) is 4.94. The maximum atomic E-state index is 10.2. The Morgan fingerprint density at radius 2 is 1.78 bits per heavy atom. The summed E-state index contributed by atoms with van der Waals surface area (Å²) >= 11 is 0. The van der Waals surface area contributed by atoms with Gasteiger partial charge in [0.15, 0.2) is 0 Å². The highest BCUT2D eigenvalue weighted by Gasteiger charge is 2.05. The van der Waals surface area contributed by atoms with E-state index in [4.69, 9.17) is 0 Å². The van der Waals surface area contributed by atoms with Gasteiger partial charge in [-0.05, 0) is 41.8 Å². The average molecular weight is 242 g/mol. The highest BCUT2D eigenvalue weighted by Crippen LogP contribution is 2.30. The summed E-state index contributed by atoms with van der Waals surface area (Å²) in [5.41, 5.74) is 2.37. The van der Waals surface area contributed by atoms with E-state index in [1.165, 1.54) is 24.8 Å². The Kier molecular flexibility index (Phi) is 4.24. The minimum Gasteiger partial charge on any atom is -0.507 e. The van der Waals surface area contributed by atoms with Gasteiger partial charge in [0.25, 0.3) is 0 Å². The molecule has 2 aromatic rings. The van der Waals surface area contributed by atoms with E-state index in [0.29, 0.717) is 5.75 Å². The van der Waals surface area contributed by atoms with E-state index < -0.39 is 0 Å². The van der Waals surface area contributed by atoms with Crippen molar-refractivity contribution in [3.63, 3.8) is 0 Å². The van der Waals surface area contributed by atoms with E-state index in [1.807, 2.05) is 6.07 Å². The van der Waals surface area contributed by atoms with Crippen molar-refractivity contribution in [2.75, 3.05) is 0 Å². The molecule has 1 N–H and O–H groups in total. The van der Waals surface area contributed by atoms with E-state index in [-0.39, 0.29) is 0 Å². The van der Waals surface area contributed by atoms with Gasteiger partial charge < -0.3 is 5.11 Å². The van der Waals surface area contributed by atoms with Crippen molar-refractivity contribution in [1.29, 1.82) is 0 Å². The SMILES string of the molecule is CCCCCc1ccc2ccc(CC)c(O)c2c1. The Hall–Kier alpha value is -1.50. The predicted octanol–water partition coefficient (Wildman–Crippen LogP) is 4.84. The first kappa shape index (κ1) is 12.9. The first-order chi connectivity index (χ1) is 8.76. The summed E-state index contributed by atoms with van der Waals surface area (Å²) in [6.07, 6.45) is 5.75. The lowest BCUT2D eigenvalue weighted by Crippen LogP contribution is -1.88. The van der Waals surface area contributed by atoms with Gasteiger partial charge in [-0.15, -0.1) is 0 Å². The van der Waals surface area contributed by atoms with Crippen LogP contribution in [0.3, 0.4) is 0 Å². The van der Waals surface area contributed by atoms with Crippen LogP contribution in [0.4, 0.5) is 0 Å². The first-order valence-electron chi connectivity index (χ1n) is 6.99. The van der Waals surface area contributed by atoms with Crippen LogP contribution in [-0.4, -0.2) is 5.11 Å². The Morgan fingerprint density at radius 3 is 2.50 bits per heavy atom. The van der Waals surface area contributed by atoms with Crippen LogP contribution in [0.1, 0.15) is 44.2 Å². The van der Waals surface area contributed by atoms with Crippen molar-refractivity contribution in [1.82, 2.24) is 0 Å². The molecule has 1 heteroatoms. The Morgan fingerprint density at radius 1 is 1.00 bits per heavy atom. The molecule has 0 saturated carbocycles. The van der Waals surface area contributed by atoms with Gasteiger partial charge in [-0.3, -0.25) is 0 Å². The van der Waals surface area contributed by atoms with E-state index in [0.717, 1.165) is 29.2 Å². The van der Waals surface area contributed by atoms with Gasteiger partial charge in [0.05, 0.1) is 0 Å². The lowest BCUT2D eigenvalue weighted by atomic mass is 9.99. The van der Waals surface area contributed by atoms with Gasteiger partial charge in [0.1, 0.15) is 5.75 Å². The molecule has 0 aliphatic carbocycles. The van der Waals surface area contributed by atoms with Crippen LogP contribution in [0, 0.1) is 0 Å². The molecule has 0 atom stereocenters. The topological polar surface area (TPSA) is 20.2 Å². The van der Waals surface area contributed by atoms with Crippen molar-refractivity contribution < 1.29 is 5.11 Å². The molecule has 1 nitrogen and oxygen atoms in total. The Balaban J connectivity index is 2.33. The number of fused-ring (bicyclic) bond motifs is 1. The average Bonchev–Trinajstić information content (AvgIpc) is 2.40. The molecule has 0 spiro atoms. The molecule has 2 rings (SSSR count). The van der Waals surface area contributed by atoms with E-state index >= 15 is 0 Å². The summed E-state index contributed by atoms with van der Waals surface area (Å²) < 4.78 is 0. The minimum atomic E-state index is 0.465. The molecule has 0 amide bonds. The molecular formula is C17H22O. The highest BCUT2D eigenvalue weighted by atomic mass is 16.3. The Bertz CT molecular complexity index is 528. The van der Waals surface area contributed by atoms with Crippen molar-refractivity contribution >= 4 is 10.8 Å². The summed E-state index contributed by atoms with van der Waals surface area (Å²) in [7, 11) is 0. The fraction of sp³-hybridized carbons (Fsp3) is 0.412. The van der Waals surface area contributed by atoms with Gasteiger partial charge in [0.2, 0.25) is 0 Å². The molecule has 0 aromatic heterocycles. The standard InChI is InChI=1S/C17H22O/c1-3-5-6-7-13-8-9-15-11-10-14(4-2)17(18)16(15)12-13/h8-12,18H,3-7H2,1-2H3. The number of rotatable bonds is 5. The third-order valence-corrected chi connectivity index (χ3v) is 3.59. The maximum absolute atomic E-state index is 10.2. The first-order valence-corrected chi connectivity index (χ1v) is 6.99. The lowest BCUT2D eigenvalue weighted by molar-refractivity contribution is 0.475. The largest absolute Gasteiger partial charge is 0.507 e. The van der Waals surface area contributed by atoms with Crippen LogP contribution in [0.2, 0.25) is 0 Å². The summed E-state index contributed by atoms with van der Waals surface area (Å²) in [4.78, 5) is 0. The molecule has 18 heavy (non-hydrogen) atoms. The molecule has 0 aliphatic heterocycles. The van der Waals surface area contributed by atoms with Crippen molar-refractivity contribution in [3.8, 4) is 5.75 Å². The molecule has 2 aromatic carbocycles. The van der Waals surface area contributed by atoms with E-state index in [9.17, 15) is 5.11 Å². The van der Waals surface area contributed by atoms with Crippen LogP contribution >= 0.6 is 0 Å². The van der Waals surface area contributed by atoms with Crippen molar-refractivity contribution in [3.05, 3.63) is 41.5 Å². The van der Waals surface area contributed by atoms with Crippen LogP contribution in [-0.2, 0) is 12.8 Å². The quantitative estimate of drug-likeness (QED) is 0.744. The maximum Gasteiger partial charge on any atom is 0.126 e. The molecule has 0 unspecified atom stereocenters. The molecule has 0 aliphatic rings. The smallest absolute Gasteiger partial charge is 0.126 e. The van der Waals surface area contributed by atoms with Crippen LogP contribution in [0.25, 0.3) is 10.8 Å². The van der Waals surface area contributed by atoms with Gasteiger partial charge in [-0.2, -0.15) is 0 Å². The van der Waals surface area contributed by atoms with Gasteiger partial charge in [0, 0.05) is 5.39 Å². The number of aromatic hydroxyl groups is 1. The second-order valence-corrected chi connectivity index (χ2v) is 4.94. The summed E-state index contributed by atoms with van der Waals surface area (Å²) in [6.45, 7) is 4.30. The summed E-state index contributed by atoms with van der Waals surface area (Å²) in [5, 5.41) is 12.4. The third-order valence-electron chi connectivity index (χ3n) is 3.59. The van der Waals surface area contributed by atoms with Gasteiger partial charge >= 0.3 is 0 Å². The Labute approximate surface area is 109 Å². The number of aryl methyl sites for hydroxylation is 2. The lowest BCUT2D eigenvalue weighted by Gasteiger charge is -2.08. The van der Waals surface area contributed by atoms with Gasteiger partial charge in [-0.25, -0.2) is 0 Å². The van der Waals surface area contributed by atoms with Crippen LogP contribution < -0.4 is 0 Å². The fourth-order valence-electron chi connectivity index (χ4n) is 2.42. The highest BCUT2D eigenvalue weighted by molar-refractivity contribution is 5.89. The zero-order valence-electron chi connectivity index (χ0n) is 11.4. The number of benzene rings is 2. The van der Waals surface area contributed by atoms with E-state index in [1.54, 1.807) is 0 Å². The van der Waals surface area contributed by atoms with Gasteiger partial charge in [-0.1, -0.05) is 51.0 Å². The monoisotopic (exact) mass is 242 g/mol. The molecule has 0 radical (unpaired) electrons. The van der Waals surface area contributed by atoms with Crippen molar-refractivity contribution in [2.24, 2.45) is 0 Å². The van der Waals surface area contributed by atoms with Crippen molar-refractivity contribution in [2.45, 2.75) is 46.0 Å². The number of phenolic OH excluding ortho intramolecular Hbond substituents is 1. The predicted molar refractivity (Wildman–Crippen MR) is 78.2 cm³/mol. The molecule has 0 heterocycles. The summed E-state index contributed by atoms with van der Waals surface area (Å²) in [5.74, 6) is 0.465. The molecule has 0 bridgehead atoms. The fourth-order valence-corrected chi connectivity index (χ4v) is 2.42. The van der Waals surface area contributed by atoms with Crippen LogP contribution in [0.15, 0.2) is 30.3 Å². The van der Waals surface area contributed by atoms with E-state index in [2.05, 4.69) is 38.1 Å². The third kappa shape index (κ3) is 2.66. The number of hydrogen-bond acceptors (Lipinski definition) is 1. The van der Waals surface area contributed by atoms with Crippen LogP contribution in [0.5, 0.6) is 5.75 Å². The number of unbranched alkanes of at least 4 members (excludes halogenated alkanes) is 2. The zero-order chi connectivity index (χ0) is 13.0. The number of hydrogen-bond donors (Lipinski definition) is 1. The molecule has 96 valence electrons. The molecule has 0 fully saturated rings. The summed E-state index contributed by atoms with van der Waals surface area (Å²) in [6, 6.07) is 10.6. The molecular weight excluding hydrogens is 220 g/mol.